The van der Waals surface area contributed by atoms with Gasteiger partial charge in [0.2, 0.25) is 0 Å². The monoisotopic (exact) mass is 461 g/mol. The summed E-state index contributed by atoms with van der Waals surface area (Å²) in [6.45, 7) is 5.41. The quantitative estimate of drug-likeness (QED) is 0.484. The first-order valence-corrected chi connectivity index (χ1v) is 11.3. The van der Waals surface area contributed by atoms with E-state index in [-0.39, 0.29) is 24.8 Å². The van der Waals surface area contributed by atoms with Gasteiger partial charge in [-0.05, 0) is 60.7 Å². The van der Waals surface area contributed by atoms with Crippen LogP contribution in [0.3, 0.4) is 0 Å². The maximum atomic E-state index is 13.3. The third kappa shape index (κ3) is 5.45. The number of amides is 1. The summed E-state index contributed by atoms with van der Waals surface area (Å²) < 4.78 is 24.4. The molecule has 4 rings (SSSR count). The third-order valence-electron chi connectivity index (χ3n) is 5.68. The van der Waals surface area contributed by atoms with Crippen LogP contribution in [0.5, 0.6) is 0 Å². The molecule has 0 aromatic heterocycles. The van der Waals surface area contributed by atoms with Gasteiger partial charge in [0.25, 0.3) is 0 Å². The van der Waals surface area contributed by atoms with Gasteiger partial charge in [0, 0.05) is 12.3 Å². The van der Waals surface area contributed by atoms with E-state index < -0.39 is 23.7 Å². The molecule has 176 valence electrons. The van der Waals surface area contributed by atoms with Crippen LogP contribution in [0.4, 0.5) is 9.18 Å². The van der Waals surface area contributed by atoms with Gasteiger partial charge in [-0.3, -0.25) is 0 Å². The first-order valence-electron chi connectivity index (χ1n) is 11.3. The van der Waals surface area contributed by atoms with Crippen LogP contribution >= 0.6 is 0 Å². The molecule has 3 aromatic rings. The average molecular weight is 462 g/mol. The molecule has 1 unspecified atom stereocenters. The second kappa shape index (κ2) is 9.67. The fourth-order valence-electron chi connectivity index (χ4n) is 4.20. The molecule has 1 atom stereocenters. The molecule has 3 aromatic carbocycles. The van der Waals surface area contributed by atoms with Crippen LogP contribution in [0, 0.1) is 5.82 Å². The number of benzene rings is 3. The topological polar surface area (TPSA) is 64.6 Å². The van der Waals surface area contributed by atoms with E-state index in [0.717, 1.165) is 22.3 Å². The van der Waals surface area contributed by atoms with Crippen LogP contribution < -0.4 is 5.32 Å². The van der Waals surface area contributed by atoms with E-state index in [1.807, 2.05) is 36.4 Å². The molecular formula is C28H28FNO4. The first kappa shape index (κ1) is 23.5. The molecule has 5 nitrogen and oxygen atoms in total. The number of esters is 1. The number of halogens is 1. The summed E-state index contributed by atoms with van der Waals surface area (Å²) in [5, 5.41) is 2.64. The fraction of sp³-hybridized carbons (Fsp3) is 0.286. The highest BCUT2D eigenvalue weighted by molar-refractivity contribution is 5.82. The van der Waals surface area contributed by atoms with Crippen LogP contribution in [0.1, 0.15) is 43.4 Å². The van der Waals surface area contributed by atoms with Crippen molar-refractivity contribution in [3.63, 3.8) is 0 Å². The Kier molecular flexibility index (Phi) is 6.68. The number of hydrogen-bond acceptors (Lipinski definition) is 4. The average Bonchev–Trinajstić information content (AvgIpc) is 3.11. The number of fused-ring (bicyclic) bond motifs is 3. The zero-order valence-electron chi connectivity index (χ0n) is 19.5. The number of carbonyl (C=O) groups is 2. The Hall–Kier alpha value is -3.67. The van der Waals surface area contributed by atoms with Crippen LogP contribution in [0.25, 0.3) is 11.1 Å². The summed E-state index contributed by atoms with van der Waals surface area (Å²) >= 11 is 0. The zero-order chi connectivity index (χ0) is 24.3. The Morgan fingerprint density at radius 1 is 0.912 bits per heavy atom. The van der Waals surface area contributed by atoms with Crippen molar-refractivity contribution in [2.45, 2.75) is 44.8 Å². The van der Waals surface area contributed by atoms with Crippen molar-refractivity contribution in [2.24, 2.45) is 0 Å². The lowest BCUT2D eigenvalue weighted by atomic mass is 9.98. The molecule has 0 heterocycles. The first-order chi connectivity index (χ1) is 16.2. The van der Waals surface area contributed by atoms with Gasteiger partial charge < -0.3 is 14.8 Å². The molecule has 0 saturated heterocycles. The highest BCUT2D eigenvalue weighted by atomic mass is 19.1. The Morgan fingerprint density at radius 3 is 2.03 bits per heavy atom. The minimum atomic E-state index is -0.972. The van der Waals surface area contributed by atoms with Gasteiger partial charge in [0.15, 0.2) is 0 Å². The molecule has 0 bridgehead atoms. The molecular weight excluding hydrogens is 433 g/mol. The minimum absolute atomic E-state index is 0.0878. The van der Waals surface area contributed by atoms with Crippen molar-refractivity contribution >= 4 is 12.1 Å². The Labute approximate surface area is 198 Å². The van der Waals surface area contributed by atoms with E-state index in [1.54, 1.807) is 32.9 Å². The molecule has 1 aliphatic rings. The standard InChI is InChI=1S/C28H28FNO4/c1-28(2,3)34-26(31)25(16-18-12-14-19(29)15-13-18)30-27(32)33-17-24-22-10-6-4-8-20(22)21-9-5-7-11-23(21)24/h4-15,24-25H,16-17H2,1-3H3,(H,30,32). The van der Waals surface area contributed by atoms with Gasteiger partial charge in [-0.25, -0.2) is 14.0 Å². The van der Waals surface area contributed by atoms with E-state index in [0.29, 0.717) is 5.56 Å². The van der Waals surface area contributed by atoms with E-state index >= 15 is 0 Å². The number of hydrogen-bond donors (Lipinski definition) is 1. The fourth-order valence-corrected chi connectivity index (χ4v) is 4.20. The molecule has 0 aliphatic heterocycles. The van der Waals surface area contributed by atoms with Crippen molar-refractivity contribution < 1.29 is 23.5 Å². The summed E-state index contributed by atoms with van der Waals surface area (Å²) in [6, 6.07) is 20.9. The smallest absolute Gasteiger partial charge is 0.407 e. The molecule has 1 amide bonds. The largest absolute Gasteiger partial charge is 0.458 e. The van der Waals surface area contributed by atoms with Gasteiger partial charge in [-0.2, -0.15) is 0 Å². The van der Waals surface area contributed by atoms with Gasteiger partial charge >= 0.3 is 12.1 Å². The van der Waals surface area contributed by atoms with Crippen molar-refractivity contribution in [3.8, 4) is 11.1 Å². The molecule has 34 heavy (non-hydrogen) atoms. The molecule has 6 heteroatoms. The van der Waals surface area contributed by atoms with Gasteiger partial charge in [-0.1, -0.05) is 60.7 Å². The Bertz CT molecular complexity index is 1140. The zero-order valence-corrected chi connectivity index (χ0v) is 19.5. The van der Waals surface area contributed by atoms with Crippen molar-refractivity contribution in [2.75, 3.05) is 6.61 Å². The molecule has 0 saturated carbocycles. The third-order valence-corrected chi connectivity index (χ3v) is 5.68. The Balaban J connectivity index is 1.46. The molecule has 0 radical (unpaired) electrons. The van der Waals surface area contributed by atoms with Crippen molar-refractivity contribution in [1.29, 1.82) is 0 Å². The SMILES string of the molecule is CC(C)(C)OC(=O)C(Cc1ccc(F)cc1)NC(=O)OCC1c2ccccc2-c2ccccc21. The maximum Gasteiger partial charge on any atom is 0.407 e. The number of rotatable bonds is 6. The van der Waals surface area contributed by atoms with Crippen molar-refractivity contribution in [3.05, 3.63) is 95.3 Å². The second-order valence-electron chi connectivity index (χ2n) is 9.39. The number of carbonyl (C=O) groups excluding carboxylic acids is 2. The summed E-state index contributed by atoms with van der Waals surface area (Å²) in [7, 11) is 0. The highest BCUT2D eigenvalue weighted by Gasteiger charge is 2.31. The van der Waals surface area contributed by atoms with Gasteiger partial charge in [-0.15, -0.1) is 0 Å². The van der Waals surface area contributed by atoms with Gasteiger partial charge in [0.05, 0.1) is 0 Å². The number of nitrogens with one attached hydrogen (secondary N) is 1. The predicted octanol–water partition coefficient (Wildman–Crippen LogP) is 5.62. The Morgan fingerprint density at radius 2 is 1.47 bits per heavy atom. The molecule has 0 fully saturated rings. The van der Waals surface area contributed by atoms with E-state index in [9.17, 15) is 14.0 Å². The highest BCUT2D eigenvalue weighted by Crippen LogP contribution is 2.44. The number of alkyl carbamates (subject to hydrolysis) is 1. The van der Waals surface area contributed by atoms with Crippen LogP contribution in [0.2, 0.25) is 0 Å². The second-order valence-corrected chi connectivity index (χ2v) is 9.39. The summed E-state index contributed by atoms with van der Waals surface area (Å²) in [5.41, 5.74) is 4.44. The lowest BCUT2D eigenvalue weighted by Crippen LogP contribution is -2.46. The van der Waals surface area contributed by atoms with Crippen LogP contribution in [0.15, 0.2) is 72.8 Å². The van der Waals surface area contributed by atoms with Crippen molar-refractivity contribution in [1.82, 2.24) is 5.32 Å². The lowest BCUT2D eigenvalue weighted by Gasteiger charge is -2.25. The van der Waals surface area contributed by atoms with E-state index in [2.05, 4.69) is 17.4 Å². The van der Waals surface area contributed by atoms with E-state index in [4.69, 9.17) is 9.47 Å². The predicted molar refractivity (Wildman–Crippen MR) is 128 cm³/mol. The van der Waals surface area contributed by atoms with E-state index in [1.165, 1.54) is 12.1 Å². The minimum Gasteiger partial charge on any atom is -0.458 e. The molecule has 0 spiro atoms. The van der Waals surface area contributed by atoms with Crippen LogP contribution in [-0.4, -0.2) is 30.3 Å². The lowest BCUT2D eigenvalue weighted by molar-refractivity contribution is -0.157. The summed E-state index contributed by atoms with van der Waals surface area (Å²) in [4.78, 5) is 25.5. The molecule has 1 aliphatic carbocycles. The number of ether oxygens (including phenoxy) is 2. The van der Waals surface area contributed by atoms with Gasteiger partial charge in [0.1, 0.15) is 24.1 Å². The van der Waals surface area contributed by atoms with Crippen LogP contribution in [-0.2, 0) is 20.7 Å². The normalized spacial score (nSPS) is 13.5. The summed E-state index contributed by atoms with van der Waals surface area (Å²) in [6.07, 6.45) is -0.556. The molecule has 1 N–H and O–H groups in total. The summed E-state index contributed by atoms with van der Waals surface area (Å²) in [5.74, 6) is -1.04. The maximum absolute atomic E-state index is 13.3.